The van der Waals surface area contributed by atoms with Crippen LogP contribution in [0.4, 0.5) is 14.5 Å². The number of aryl methyl sites for hydroxylation is 2. The van der Waals surface area contributed by atoms with E-state index in [1.165, 1.54) is 29.4 Å². The first kappa shape index (κ1) is 26.1. The number of aromatic nitrogens is 1. The third-order valence-corrected chi connectivity index (χ3v) is 8.91. The number of benzene rings is 2. The van der Waals surface area contributed by atoms with Gasteiger partial charge in [-0.3, -0.25) is 4.79 Å². The summed E-state index contributed by atoms with van der Waals surface area (Å²) in [7, 11) is -4.00. The van der Waals surface area contributed by atoms with Gasteiger partial charge in [0.2, 0.25) is 15.9 Å². The summed E-state index contributed by atoms with van der Waals surface area (Å²) in [5, 5.41) is 3.80. The highest BCUT2D eigenvalue weighted by Crippen LogP contribution is 2.35. The van der Waals surface area contributed by atoms with Gasteiger partial charge >= 0.3 is 0 Å². The smallest absolute Gasteiger partial charge is 0.248 e. The number of amides is 1. The van der Waals surface area contributed by atoms with Gasteiger partial charge in [-0.05, 0) is 68.7 Å². The number of piperidine rings is 1. The molecule has 0 spiro atoms. The van der Waals surface area contributed by atoms with Crippen molar-refractivity contribution in [3.05, 3.63) is 70.6 Å². The first-order valence-corrected chi connectivity index (χ1v) is 13.7. The number of hydrogen-bond acceptors (Lipinski definition) is 6. The molecule has 1 aromatic heterocycles. The van der Waals surface area contributed by atoms with Gasteiger partial charge in [0.25, 0.3) is 0 Å². The molecule has 2 aliphatic heterocycles. The highest BCUT2D eigenvalue weighted by molar-refractivity contribution is 7.89. The van der Waals surface area contributed by atoms with Crippen LogP contribution in [0.2, 0.25) is 0 Å². The molecule has 2 aliphatic rings. The van der Waals surface area contributed by atoms with Gasteiger partial charge in [-0.15, -0.1) is 0 Å². The first-order chi connectivity index (χ1) is 18.1. The molecule has 1 amide bonds. The zero-order valence-electron chi connectivity index (χ0n) is 21.0. The Balaban J connectivity index is 1.31. The van der Waals surface area contributed by atoms with Gasteiger partial charge < -0.3 is 14.2 Å². The Bertz CT molecular complexity index is 1510. The number of nitrogens with zero attached hydrogens (tertiary/aromatic N) is 3. The topological polar surface area (TPSA) is 93.0 Å². The summed E-state index contributed by atoms with van der Waals surface area (Å²) in [6.45, 7) is 4.62. The molecule has 0 atom stereocenters. The monoisotopic (exact) mass is 543 g/mol. The SMILES string of the molecule is Cc1ccc2c(c1)N(C(=O)C1CCN(S(=O)(=O)c3c(C)noc3/C=C/c3ccc(F)cc3F)CC1)CCO2. The van der Waals surface area contributed by atoms with E-state index in [9.17, 15) is 22.0 Å². The minimum absolute atomic E-state index is 0.0386. The summed E-state index contributed by atoms with van der Waals surface area (Å²) in [5.41, 5.74) is 2.00. The fourth-order valence-corrected chi connectivity index (χ4v) is 6.57. The Kier molecular flexibility index (Phi) is 7.06. The van der Waals surface area contributed by atoms with Crippen LogP contribution in [-0.4, -0.2) is 50.0 Å². The van der Waals surface area contributed by atoms with E-state index in [1.54, 1.807) is 4.90 Å². The van der Waals surface area contributed by atoms with E-state index < -0.39 is 21.7 Å². The van der Waals surface area contributed by atoms with Crippen LogP contribution < -0.4 is 9.64 Å². The molecule has 5 rings (SSSR count). The van der Waals surface area contributed by atoms with E-state index >= 15 is 0 Å². The lowest BCUT2D eigenvalue weighted by Gasteiger charge is -2.36. The van der Waals surface area contributed by atoms with Crippen LogP contribution in [0.25, 0.3) is 12.2 Å². The molecule has 0 radical (unpaired) electrons. The Morgan fingerprint density at radius 2 is 1.82 bits per heavy atom. The molecule has 1 fully saturated rings. The zero-order chi connectivity index (χ0) is 27.0. The van der Waals surface area contributed by atoms with Crippen LogP contribution in [0.1, 0.15) is 35.4 Å². The molecule has 0 bridgehead atoms. The first-order valence-electron chi connectivity index (χ1n) is 12.3. The Morgan fingerprint density at radius 3 is 2.55 bits per heavy atom. The van der Waals surface area contributed by atoms with Crippen molar-refractivity contribution in [2.45, 2.75) is 31.6 Å². The normalized spacial score (nSPS) is 17.0. The van der Waals surface area contributed by atoms with Crippen molar-refractivity contribution in [2.75, 3.05) is 31.1 Å². The molecule has 1 saturated heterocycles. The number of ether oxygens (including phenoxy) is 1. The second kappa shape index (κ2) is 10.3. The van der Waals surface area contributed by atoms with E-state index in [0.717, 1.165) is 23.4 Å². The van der Waals surface area contributed by atoms with Crippen molar-refractivity contribution in [3.63, 3.8) is 0 Å². The molecule has 2 aromatic carbocycles. The molecule has 3 aromatic rings. The Morgan fingerprint density at radius 1 is 1.05 bits per heavy atom. The fourth-order valence-electron chi connectivity index (χ4n) is 4.85. The summed E-state index contributed by atoms with van der Waals surface area (Å²) in [6, 6.07) is 8.81. The maximum absolute atomic E-state index is 14.0. The van der Waals surface area contributed by atoms with Crippen molar-refractivity contribution in [1.82, 2.24) is 9.46 Å². The molecule has 3 heterocycles. The minimum atomic E-state index is -4.00. The molecule has 200 valence electrons. The molecule has 11 heteroatoms. The zero-order valence-corrected chi connectivity index (χ0v) is 21.8. The number of sulfonamides is 1. The van der Waals surface area contributed by atoms with Crippen LogP contribution in [0.15, 0.2) is 45.8 Å². The van der Waals surface area contributed by atoms with Gasteiger partial charge in [-0.25, -0.2) is 17.2 Å². The van der Waals surface area contributed by atoms with E-state index in [1.807, 2.05) is 25.1 Å². The Labute approximate surface area is 219 Å². The molecule has 0 N–H and O–H groups in total. The lowest BCUT2D eigenvalue weighted by Crippen LogP contribution is -2.46. The fraction of sp³-hybridized carbons (Fsp3) is 0.333. The summed E-state index contributed by atoms with van der Waals surface area (Å²) < 4.78 is 66.6. The number of carbonyl (C=O) groups excluding carboxylic acids is 1. The van der Waals surface area contributed by atoms with Crippen molar-refractivity contribution < 1.29 is 31.3 Å². The van der Waals surface area contributed by atoms with Gasteiger partial charge in [0.15, 0.2) is 10.7 Å². The summed E-state index contributed by atoms with van der Waals surface area (Å²) in [6.07, 6.45) is 3.34. The molecule has 0 aliphatic carbocycles. The lowest BCUT2D eigenvalue weighted by atomic mass is 9.96. The van der Waals surface area contributed by atoms with Gasteiger partial charge in [0.05, 0.1) is 12.2 Å². The van der Waals surface area contributed by atoms with Gasteiger partial charge in [0, 0.05) is 30.6 Å². The maximum atomic E-state index is 14.0. The van der Waals surface area contributed by atoms with Crippen LogP contribution >= 0.6 is 0 Å². The quantitative estimate of drug-likeness (QED) is 0.468. The van der Waals surface area contributed by atoms with E-state index in [-0.39, 0.29) is 46.8 Å². The number of anilines is 1. The lowest BCUT2D eigenvalue weighted by molar-refractivity contribution is -0.123. The number of rotatable bonds is 5. The molecule has 38 heavy (non-hydrogen) atoms. The second-order valence-electron chi connectivity index (χ2n) is 9.45. The number of carbonyl (C=O) groups is 1. The molecule has 0 saturated carbocycles. The van der Waals surface area contributed by atoms with Crippen molar-refractivity contribution in [2.24, 2.45) is 5.92 Å². The maximum Gasteiger partial charge on any atom is 0.248 e. The summed E-state index contributed by atoms with van der Waals surface area (Å²) >= 11 is 0. The largest absolute Gasteiger partial charge is 0.490 e. The Hall–Kier alpha value is -3.57. The van der Waals surface area contributed by atoms with Crippen LogP contribution in [0.5, 0.6) is 5.75 Å². The van der Waals surface area contributed by atoms with E-state index in [4.69, 9.17) is 9.26 Å². The second-order valence-corrected chi connectivity index (χ2v) is 11.3. The average molecular weight is 544 g/mol. The van der Waals surface area contributed by atoms with Crippen LogP contribution in [0, 0.1) is 31.4 Å². The highest BCUT2D eigenvalue weighted by atomic mass is 32.2. The predicted molar refractivity (Wildman–Crippen MR) is 137 cm³/mol. The predicted octanol–water partition coefficient (Wildman–Crippen LogP) is 4.57. The molecular formula is C27H27F2N3O5S. The average Bonchev–Trinajstić information content (AvgIpc) is 3.28. The summed E-state index contributed by atoms with van der Waals surface area (Å²) in [5.74, 6) is -1.25. The minimum Gasteiger partial charge on any atom is -0.490 e. The van der Waals surface area contributed by atoms with Crippen molar-refractivity contribution in [1.29, 1.82) is 0 Å². The number of hydrogen-bond donors (Lipinski definition) is 0. The molecule has 0 unspecified atom stereocenters. The van der Waals surface area contributed by atoms with Crippen molar-refractivity contribution >= 4 is 33.8 Å². The van der Waals surface area contributed by atoms with Gasteiger partial charge in [-0.1, -0.05) is 11.2 Å². The molecular weight excluding hydrogens is 516 g/mol. The third kappa shape index (κ3) is 4.95. The van der Waals surface area contributed by atoms with Gasteiger partial charge in [-0.2, -0.15) is 4.31 Å². The van der Waals surface area contributed by atoms with Crippen molar-refractivity contribution in [3.8, 4) is 5.75 Å². The highest BCUT2D eigenvalue weighted by Gasteiger charge is 2.38. The summed E-state index contributed by atoms with van der Waals surface area (Å²) in [4.78, 5) is 15.0. The van der Waals surface area contributed by atoms with Crippen LogP contribution in [0.3, 0.4) is 0 Å². The molecule has 8 nitrogen and oxygen atoms in total. The van der Waals surface area contributed by atoms with Gasteiger partial charge in [0.1, 0.15) is 29.7 Å². The van der Waals surface area contributed by atoms with Crippen LogP contribution in [-0.2, 0) is 14.8 Å². The van der Waals surface area contributed by atoms with E-state index in [2.05, 4.69) is 5.16 Å². The standard InChI is InChI=1S/C27H27F2N3O5S/c1-17-3-7-24-23(15-17)32(13-14-36-24)27(33)20-9-11-31(12-10-20)38(34,35)26-18(2)30-37-25(26)8-5-19-4-6-21(28)16-22(19)29/h3-8,15-16,20H,9-14H2,1-2H3/b8-5+. The number of fused-ring (bicyclic) bond motifs is 1. The third-order valence-electron chi connectivity index (χ3n) is 6.85. The van der Waals surface area contributed by atoms with E-state index in [0.29, 0.717) is 31.7 Å². The number of halogens is 2.